The molecule has 3 aromatic rings. The summed E-state index contributed by atoms with van der Waals surface area (Å²) in [5.41, 5.74) is 9.84. The van der Waals surface area contributed by atoms with Crippen LogP contribution < -0.4 is 16.2 Å². The van der Waals surface area contributed by atoms with Crippen LogP contribution in [-0.2, 0) is 11.3 Å². The minimum atomic E-state index is -0.289. The molecule has 3 N–H and O–H groups in total. The third kappa shape index (κ3) is 4.11. The summed E-state index contributed by atoms with van der Waals surface area (Å²) < 4.78 is 15.2. The van der Waals surface area contributed by atoms with Crippen LogP contribution in [0.2, 0.25) is 0 Å². The van der Waals surface area contributed by atoms with Crippen molar-refractivity contribution < 1.29 is 9.18 Å². The molecule has 1 aliphatic heterocycles. The van der Waals surface area contributed by atoms with Gasteiger partial charge in [-0.05, 0) is 49.2 Å². The molecular formula is C24H26FN5O. The molecule has 6 nitrogen and oxygen atoms in total. The topological polar surface area (TPSA) is 71.0 Å². The van der Waals surface area contributed by atoms with E-state index in [-0.39, 0.29) is 17.8 Å². The first kappa shape index (κ1) is 19.9. The van der Waals surface area contributed by atoms with Crippen molar-refractivity contribution in [1.82, 2.24) is 25.9 Å². The van der Waals surface area contributed by atoms with Crippen LogP contribution in [0.4, 0.5) is 4.39 Å². The van der Waals surface area contributed by atoms with Crippen molar-refractivity contribution >= 4 is 5.91 Å². The molecule has 7 heteroatoms. The minimum absolute atomic E-state index is 0.000540. The molecular weight excluding hydrogens is 393 g/mol. The summed E-state index contributed by atoms with van der Waals surface area (Å²) in [6, 6.07) is 16.3. The van der Waals surface area contributed by atoms with Gasteiger partial charge in [0.15, 0.2) is 0 Å². The van der Waals surface area contributed by atoms with Gasteiger partial charge in [0.1, 0.15) is 11.9 Å². The highest BCUT2D eigenvalue weighted by Crippen LogP contribution is 2.30. The van der Waals surface area contributed by atoms with Gasteiger partial charge in [0.25, 0.3) is 0 Å². The first-order chi connectivity index (χ1) is 15.2. The normalized spacial score (nSPS) is 22.8. The average Bonchev–Trinajstić information content (AvgIpc) is 3.43. The highest BCUT2D eigenvalue weighted by Gasteiger charge is 2.40. The molecule has 2 aliphatic rings. The van der Waals surface area contributed by atoms with E-state index in [9.17, 15) is 9.18 Å². The van der Waals surface area contributed by atoms with Crippen LogP contribution in [0.25, 0.3) is 16.9 Å². The number of rotatable bonds is 5. The predicted octanol–water partition coefficient (Wildman–Crippen LogP) is 3.33. The van der Waals surface area contributed by atoms with Crippen molar-refractivity contribution in [3.8, 4) is 16.9 Å². The second-order valence-corrected chi connectivity index (χ2v) is 8.33. The van der Waals surface area contributed by atoms with Crippen molar-refractivity contribution in [3.63, 3.8) is 0 Å². The molecule has 1 saturated carbocycles. The maximum absolute atomic E-state index is 13.4. The number of nitrogens with zero attached hydrogens (tertiary/aromatic N) is 2. The van der Waals surface area contributed by atoms with E-state index in [0.29, 0.717) is 18.5 Å². The van der Waals surface area contributed by atoms with Gasteiger partial charge in [0.05, 0.1) is 11.4 Å². The lowest BCUT2D eigenvalue weighted by molar-refractivity contribution is -0.124. The van der Waals surface area contributed by atoms with Gasteiger partial charge in [0.2, 0.25) is 5.91 Å². The Labute approximate surface area is 180 Å². The number of hydrazine groups is 1. The van der Waals surface area contributed by atoms with Gasteiger partial charge in [-0.3, -0.25) is 10.2 Å². The molecule has 3 unspecified atom stereocenters. The van der Waals surface area contributed by atoms with Gasteiger partial charge >= 0.3 is 0 Å². The maximum atomic E-state index is 13.4. The number of hydrogen-bond acceptors (Lipinski definition) is 4. The fraction of sp³-hybridized carbons (Fsp3) is 0.333. The molecule has 3 atom stereocenters. The lowest BCUT2D eigenvalue weighted by Crippen LogP contribution is -2.45. The number of nitrogens with one attached hydrogen (secondary N) is 3. The first-order valence-corrected chi connectivity index (χ1v) is 10.9. The van der Waals surface area contributed by atoms with Crippen LogP contribution in [0.3, 0.4) is 0 Å². The summed E-state index contributed by atoms with van der Waals surface area (Å²) in [5, 5.41) is 7.83. The summed E-state index contributed by atoms with van der Waals surface area (Å²) in [4.78, 5) is 13.0. The fourth-order valence-electron chi connectivity index (χ4n) is 4.70. The van der Waals surface area contributed by atoms with E-state index in [4.69, 9.17) is 5.10 Å². The molecule has 1 saturated heterocycles. The van der Waals surface area contributed by atoms with Gasteiger partial charge in [-0.2, -0.15) is 5.10 Å². The number of carbonyl (C=O) groups is 1. The summed E-state index contributed by atoms with van der Waals surface area (Å²) in [7, 11) is 0. The lowest BCUT2D eigenvalue weighted by atomic mass is 9.81. The van der Waals surface area contributed by atoms with Crippen molar-refractivity contribution in [2.24, 2.45) is 5.92 Å². The predicted molar refractivity (Wildman–Crippen MR) is 117 cm³/mol. The zero-order valence-electron chi connectivity index (χ0n) is 17.2. The first-order valence-electron chi connectivity index (χ1n) is 10.9. The molecule has 1 aromatic heterocycles. The van der Waals surface area contributed by atoms with E-state index in [1.165, 1.54) is 25.0 Å². The Balaban J connectivity index is 1.38. The fourth-order valence-corrected chi connectivity index (χ4v) is 4.70. The summed E-state index contributed by atoms with van der Waals surface area (Å²) in [6.07, 6.45) is 6.49. The number of benzene rings is 2. The Morgan fingerprint density at radius 2 is 1.84 bits per heavy atom. The molecule has 1 amide bonds. The number of fused-ring (bicyclic) bond motifs is 1. The zero-order chi connectivity index (χ0) is 21.2. The number of hydrogen-bond donors (Lipinski definition) is 3. The number of halogens is 1. The van der Waals surface area contributed by atoms with E-state index < -0.39 is 0 Å². The number of carbonyl (C=O) groups excluding carboxylic acids is 1. The largest absolute Gasteiger partial charge is 0.350 e. The molecule has 2 aromatic carbocycles. The summed E-state index contributed by atoms with van der Waals surface area (Å²) in [5.74, 6) is 0.0414. The molecule has 0 spiro atoms. The Kier molecular flexibility index (Phi) is 5.53. The van der Waals surface area contributed by atoms with E-state index in [2.05, 4.69) is 16.2 Å². The number of amides is 1. The molecule has 0 radical (unpaired) electrons. The molecule has 2 heterocycles. The van der Waals surface area contributed by atoms with Gasteiger partial charge in [0, 0.05) is 35.8 Å². The van der Waals surface area contributed by atoms with Crippen LogP contribution in [0, 0.1) is 11.7 Å². The number of aromatic nitrogens is 2. The van der Waals surface area contributed by atoms with E-state index >= 15 is 0 Å². The van der Waals surface area contributed by atoms with E-state index in [0.717, 1.165) is 35.3 Å². The van der Waals surface area contributed by atoms with Gasteiger partial charge in [-0.1, -0.05) is 31.0 Å². The quantitative estimate of drug-likeness (QED) is 0.593. The van der Waals surface area contributed by atoms with Crippen molar-refractivity contribution in [1.29, 1.82) is 0 Å². The van der Waals surface area contributed by atoms with Crippen molar-refractivity contribution in [3.05, 3.63) is 72.2 Å². The Bertz CT molecular complexity index is 1050. The van der Waals surface area contributed by atoms with Crippen LogP contribution in [0.15, 0.2) is 60.8 Å². The minimum Gasteiger partial charge on any atom is -0.350 e. The molecule has 2 fully saturated rings. The molecule has 5 rings (SSSR count). The van der Waals surface area contributed by atoms with Crippen LogP contribution in [-0.4, -0.2) is 27.8 Å². The molecule has 160 valence electrons. The van der Waals surface area contributed by atoms with Gasteiger partial charge in [-0.25, -0.2) is 14.5 Å². The highest BCUT2D eigenvalue weighted by atomic mass is 19.1. The number of para-hydroxylation sites is 1. The lowest BCUT2D eigenvalue weighted by Gasteiger charge is -2.26. The average molecular weight is 420 g/mol. The Morgan fingerprint density at radius 3 is 2.65 bits per heavy atom. The Hall–Kier alpha value is -3.03. The van der Waals surface area contributed by atoms with Crippen LogP contribution >= 0.6 is 0 Å². The zero-order valence-corrected chi connectivity index (χ0v) is 17.2. The second-order valence-electron chi connectivity index (χ2n) is 8.33. The summed E-state index contributed by atoms with van der Waals surface area (Å²) in [6.45, 7) is 0.355. The highest BCUT2D eigenvalue weighted by molar-refractivity contribution is 5.82. The van der Waals surface area contributed by atoms with Gasteiger partial charge in [-0.15, -0.1) is 0 Å². The summed E-state index contributed by atoms with van der Waals surface area (Å²) >= 11 is 0. The second kappa shape index (κ2) is 8.61. The monoisotopic (exact) mass is 419 g/mol. The van der Waals surface area contributed by atoms with Crippen LogP contribution in [0.1, 0.15) is 31.2 Å². The van der Waals surface area contributed by atoms with E-state index in [1.54, 1.807) is 16.8 Å². The molecule has 31 heavy (non-hydrogen) atoms. The maximum Gasteiger partial charge on any atom is 0.239 e. The van der Waals surface area contributed by atoms with Gasteiger partial charge < -0.3 is 5.32 Å². The SMILES string of the molecule is O=C(NCc1cn(-c2ccccc2)nc1-c1ccc(F)cc1)C1NNC2CCCCC21. The van der Waals surface area contributed by atoms with Crippen LogP contribution in [0.5, 0.6) is 0 Å². The van der Waals surface area contributed by atoms with Crippen molar-refractivity contribution in [2.75, 3.05) is 0 Å². The molecule has 0 bridgehead atoms. The van der Waals surface area contributed by atoms with Crippen molar-refractivity contribution in [2.45, 2.75) is 44.3 Å². The third-order valence-electron chi connectivity index (χ3n) is 6.34. The molecule has 1 aliphatic carbocycles. The smallest absolute Gasteiger partial charge is 0.239 e. The standard InChI is InChI=1S/C24H26FN5O/c25-18-12-10-16(11-13-18)22-17(15-30(29-22)19-6-2-1-3-7-19)14-26-24(31)23-20-8-4-5-9-21(20)27-28-23/h1-3,6-7,10-13,15,20-21,23,27-28H,4-5,8-9,14H2,(H,26,31). The Morgan fingerprint density at radius 1 is 1.06 bits per heavy atom. The van der Waals surface area contributed by atoms with E-state index in [1.807, 2.05) is 36.5 Å². The third-order valence-corrected chi connectivity index (χ3v) is 6.34.